The standard InChI is InChI=1S/C10H15N3O2/c1-7(2)13-10(8(6-14)11-12-13)9-4-3-5-15-9/h6-7,9H,3-5H2,1-2H3. The molecule has 15 heavy (non-hydrogen) atoms. The quantitative estimate of drug-likeness (QED) is 0.708. The van der Waals surface area contributed by atoms with Crippen LogP contribution >= 0.6 is 0 Å². The zero-order chi connectivity index (χ0) is 10.8. The Labute approximate surface area is 88.4 Å². The fourth-order valence-corrected chi connectivity index (χ4v) is 1.88. The van der Waals surface area contributed by atoms with Crippen molar-refractivity contribution in [3.8, 4) is 0 Å². The van der Waals surface area contributed by atoms with Gasteiger partial charge in [-0.3, -0.25) is 4.79 Å². The fourth-order valence-electron chi connectivity index (χ4n) is 1.88. The van der Waals surface area contributed by atoms with E-state index in [9.17, 15) is 4.79 Å². The largest absolute Gasteiger partial charge is 0.372 e. The maximum absolute atomic E-state index is 10.8. The molecule has 0 aliphatic carbocycles. The van der Waals surface area contributed by atoms with Gasteiger partial charge in [-0.2, -0.15) is 0 Å². The van der Waals surface area contributed by atoms with Gasteiger partial charge in [0.1, 0.15) is 6.10 Å². The number of aldehydes is 1. The van der Waals surface area contributed by atoms with Crippen molar-refractivity contribution < 1.29 is 9.53 Å². The van der Waals surface area contributed by atoms with Crippen LogP contribution in [0.15, 0.2) is 0 Å². The van der Waals surface area contributed by atoms with Gasteiger partial charge in [-0.1, -0.05) is 5.21 Å². The molecule has 1 aromatic heterocycles. The Hall–Kier alpha value is -1.23. The van der Waals surface area contributed by atoms with Gasteiger partial charge in [-0.15, -0.1) is 5.10 Å². The van der Waals surface area contributed by atoms with E-state index >= 15 is 0 Å². The summed E-state index contributed by atoms with van der Waals surface area (Å²) in [7, 11) is 0. The minimum absolute atomic E-state index is 0.0115. The number of aromatic nitrogens is 3. The first-order valence-electron chi connectivity index (χ1n) is 5.26. The number of rotatable bonds is 3. The lowest BCUT2D eigenvalue weighted by molar-refractivity contribution is 0.0996. The van der Waals surface area contributed by atoms with Crippen molar-refractivity contribution in [2.75, 3.05) is 6.61 Å². The van der Waals surface area contributed by atoms with Gasteiger partial charge in [0.05, 0.1) is 5.69 Å². The first-order chi connectivity index (χ1) is 7.24. The lowest BCUT2D eigenvalue weighted by atomic mass is 10.1. The number of hydrogen-bond acceptors (Lipinski definition) is 4. The first-order valence-corrected chi connectivity index (χ1v) is 5.26. The van der Waals surface area contributed by atoms with Crippen molar-refractivity contribution in [3.63, 3.8) is 0 Å². The van der Waals surface area contributed by atoms with E-state index in [1.54, 1.807) is 4.68 Å². The van der Waals surface area contributed by atoms with E-state index in [-0.39, 0.29) is 12.1 Å². The Morgan fingerprint density at radius 3 is 2.93 bits per heavy atom. The third-order valence-electron chi connectivity index (χ3n) is 2.59. The summed E-state index contributed by atoms with van der Waals surface area (Å²) < 4.78 is 7.35. The highest BCUT2D eigenvalue weighted by molar-refractivity contribution is 5.73. The molecule has 0 radical (unpaired) electrons. The zero-order valence-electron chi connectivity index (χ0n) is 9.01. The number of nitrogens with zero attached hydrogens (tertiary/aromatic N) is 3. The van der Waals surface area contributed by atoms with Crippen molar-refractivity contribution in [2.45, 2.75) is 38.8 Å². The van der Waals surface area contributed by atoms with Crippen LogP contribution in [0.5, 0.6) is 0 Å². The number of carbonyl (C=O) groups excluding carboxylic acids is 1. The van der Waals surface area contributed by atoms with Gasteiger partial charge in [0.25, 0.3) is 0 Å². The van der Waals surface area contributed by atoms with Crippen LogP contribution in [0.3, 0.4) is 0 Å². The Balaban J connectivity index is 2.39. The number of hydrogen-bond donors (Lipinski definition) is 0. The third-order valence-corrected chi connectivity index (χ3v) is 2.59. The molecule has 0 spiro atoms. The molecule has 1 saturated heterocycles. The van der Waals surface area contributed by atoms with Gasteiger partial charge in [0.2, 0.25) is 0 Å². The predicted molar refractivity (Wildman–Crippen MR) is 53.7 cm³/mol. The molecule has 1 atom stereocenters. The summed E-state index contributed by atoms with van der Waals surface area (Å²) in [6.07, 6.45) is 2.72. The zero-order valence-corrected chi connectivity index (χ0v) is 9.01. The second-order valence-electron chi connectivity index (χ2n) is 4.02. The molecule has 1 aliphatic heterocycles. The highest BCUT2D eigenvalue weighted by Gasteiger charge is 2.27. The summed E-state index contributed by atoms with van der Waals surface area (Å²) in [5, 5.41) is 7.85. The summed E-state index contributed by atoms with van der Waals surface area (Å²) in [6, 6.07) is 0.199. The lowest BCUT2D eigenvalue weighted by Crippen LogP contribution is -2.12. The van der Waals surface area contributed by atoms with E-state index in [0.29, 0.717) is 5.69 Å². The highest BCUT2D eigenvalue weighted by Crippen LogP contribution is 2.30. The van der Waals surface area contributed by atoms with Crippen LogP contribution < -0.4 is 0 Å². The summed E-state index contributed by atoms with van der Waals surface area (Å²) >= 11 is 0. The Morgan fingerprint density at radius 2 is 2.40 bits per heavy atom. The van der Waals surface area contributed by atoms with E-state index < -0.39 is 0 Å². The van der Waals surface area contributed by atoms with E-state index in [0.717, 1.165) is 31.4 Å². The predicted octanol–water partition coefficient (Wildman–Crippen LogP) is 1.52. The van der Waals surface area contributed by atoms with Crippen molar-refractivity contribution in [1.82, 2.24) is 15.0 Å². The molecule has 1 aliphatic rings. The molecular formula is C10H15N3O2. The smallest absolute Gasteiger partial charge is 0.172 e. The van der Waals surface area contributed by atoms with Gasteiger partial charge in [-0.05, 0) is 26.7 Å². The van der Waals surface area contributed by atoms with E-state index in [2.05, 4.69) is 10.3 Å². The second kappa shape index (κ2) is 4.10. The maximum atomic E-state index is 10.8. The number of ether oxygens (including phenoxy) is 1. The average Bonchev–Trinajstić information content (AvgIpc) is 2.85. The van der Waals surface area contributed by atoms with Crippen molar-refractivity contribution in [1.29, 1.82) is 0 Å². The molecule has 0 N–H and O–H groups in total. The normalized spacial score (nSPS) is 21.1. The van der Waals surface area contributed by atoms with Gasteiger partial charge in [0.15, 0.2) is 12.0 Å². The maximum Gasteiger partial charge on any atom is 0.172 e. The van der Waals surface area contributed by atoms with Crippen LogP contribution in [-0.4, -0.2) is 27.9 Å². The van der Waals surface area contributed by atoms with Crippen molar-refractivity contribution in [2.24, 2.45) is 0 Å². The summed E-state index contributed by atoms with van der Waals surface area (Å²) in [5.74, 6) is 0. The molecular weight excluding hydrogens is 194 g/mol. The van der Waals surface area contributed by atoms with Gasteiger partial charge in [-0.25, -0.2) is 4.68 Å². The molecule has 82 valence electrons. The Morgan fingerprint density at radius 1 is 1.60 bits per heavy atom. The molecule has 2 rings (SSSR count). The van der Waals surface area contributed by atoms with Crippen LogP contribution in [0.25, 0.3) is 0 Å². The molecule has 5 heteroatoms. The van der Waals surface area contributed by atoms with Crippen molar-refractivity contribution >= 4 is 6.29 Å². The minimum atomic E-state index is -0.0115. The van der Waals surface area contributed by atoms with Crippen LogP contribution in [0, 0.1) is 0 Å². The monoisotopic (exact) mass is 209 g/mol. The van der Waals surface area contributed by atoms with Gasteiger partial charge in [0, 0.05) is 12.6 Å². The Bertz CT molecular complexity index is 354. The van der Waals surface area contributed by atoms with E-state index in [1.165, 1.54) is 0 Å². The van der Waals surface area contributed by atoms with Crippen molar-refractivity contribution in [3.05, 3.63) is 11.4 Å². The average molecular weight is 209 g/mol. The van der Waals surface area contributed by atoms with Crippen LogP contribution in [0.4, 0.5) is 0 Å². The van der Waals surface area contributed by atoms with Gasteiger partial charge >= 0.3 is 0 Å². The number of carbonyl (C=O) groups is 1. The SMILES string of the molecule is CC(C)n1nnc(C=O)c1C1CCCO1. The molecule has 1 aromatic rings. The summed E-state index contributed by atoms with van der Waals surface area (Å²) in [4.78, 5) is 10.8. The van der Waals surface area contributed by atoms with Gasteiger partial charge < -0.3 is 4.74 Å². The van der Waals surface area contributed by atoms with Crippen LogP contribution in [-0.2, 0) is 4.74 Å². The molecule has 0 saturated carbocycles. The fraction of sp³-hybridized carbons (Fsp3) is 0.700. The minimum Gasteiger partial charge on any atom is -0.372 e. The summed E-state index contributed by atoms with van der Waals surface area (Å²) in [6.45, 7) is 4.79. The first kappa shape index (κ1) is 10.3. The molecule has 0 aromatic carbocycles. The van der Waals surface area contributed by atoms with E-state index in [1.807, 2.05) is 13.8 Å². The molecule has 5 nitrogen and oxygen atoms in total. The molecule has 0 amide bonds. The second-order valence-corrected chi connectivity index (χ2v) is 4.02. The Kier molecular flexibility index (Phi) is 2.81. The third kappa shape index (κ3) is 1.79. The van der Waals surface area contributed by atoms with Crippen LogP contribution in [0.1, 0.15) is 55.0 Å². The highest BCUT2D eigenvalue weighted by atomic mass is 16.5. The molecule has 1 unspecified atom stereocenters. The topological polar surface area (TPSA) is 57.0 Å². The molecule has 0 bridgehead atoms. The summed E-state index contributed by atoms with van der Waals surface area (Å²) in [5.41, 5.74) is 1.24. The van der Waals surface area contributed by atoms with E-state index in [4.69, 9.17) is 4.74 Å². The molecule has 2 heterocycles. The van der Waals surface area contributed by atoms with Crippen LogP contribution in [0.2, 0.25) is 0 Å². The lowest BCUT2D eigenvalue weighted by Gasteiger charge is -2.14. The molecule has 1 fully saturated rings.